The maximum absolute atomic E-state index is 11.8. The number of nitrogens with one attached hydrogen (secondary N) is 2. The number of hydrogen-bond donors (Lipinski definition) is 2. The topological polar surface area (TPSA) is 93.5 Å². The molecule has 2 aromatic carbocycles. The van der Waals surface area contributed by atoms with E-state index in [4.69, 9.17) is 16.3 Å². The number of ether oxygens (including phenoxy) is 1. The fraction of sp³-hybridized carbons (Fsp3) is 0.316. The van der Waals surface area contributed by atoms with E-state index < -0.39 is 4.92 Å². The van der Waals surface area contributed by atoms with Crippen LogP contribution in [0.15, 0.2) is 48.5 Å². The van der Waals surface area contributed by atoms with E-state index >= 15 is 0 Å². The van der Waals surface area contributed by atoms with Crippen LogP contribution in [0, 0.1) is 10.1 Å². The van der Waals surface area contributed by atoms with Crippen LogP contribution < -0.4 is 15.4 Å². The second kappa shape index (κ2) is 11.0. The average Bonchev–Trinajstić information content (AvgIpc) is 2.65. The number of rotatable bonds is 10. The first-order valence-electron chi connectivity index (χ1n) is 8.72. The summed E-state index contributed by atoms with van der Waals surface area (Å²) in [5.41, 5.74) is 0.499. The van der Waals surface area contributed by atoms with E-state index in [1.165, 1.54) is 24.3 Å². The third-order valence-electron chi connectivity index (χ3n) is 3.78. The molecule has 0 fully saturated rings. The fourth-order valence-electron chi connectivity index (χ4n) is 2.35. The predicted molar refractivity (Wildman–Crippen MR) is 106 cm³/mol. The molecule has 0 unspecified atom stereocenters. The summed E-state index contributed by atoms with van der Waals surface area (Å²) < 4.78 is 5.61. The summed E-state index contributed by atoms with van der Waals surface area (Å²) in [6.07, 6.45) is 3.81. The highest BCUT2D eigenvalue weighted by atomic mass is 35.5. The van der Waals surface area contributed by atoms with Crippen molar-refractivity contribution in [3.63, 3.8) is 0 Å². The number of nitro groups is 1. The number of carbonyl (C=O) groups is 1. The lowest BCUT2D eigenvalue weighted by molar-refractivity contribution is -0.384. The highest BCUT2D eigenvalue weighted by molar-refractivity contribution is 6.30. The summed E-state index contributed by atoms with van der Waals surface area (Å²) in [5.74, 6) is 0.809. The van der Waals surface area contributed by atoms with Crippen LogP contribution in [0.4, 0.5) is 16.2 Å². The number of urea groups is 1. The summed E-state index contributed by atoms with van der Waals surface area (Å²) in [6.45, 7) is 1.21. The standard InChI is InChI=1S/C19H22ClN3O4/c20-15-5-11-18(12-6-15)27-14-4-2-1-3-13-21-19(24)22-16-7-9-17(10-8-16)23(25)26/h5-12H,1-4,13-14H2,(H2,21,22,24). The Morgan fingerprint density at radius 3 is 2.33 bits per heavy atom. The summed E-state index contributed by atoms with van der Waals surface area (Å²) in [7, 11) is 0. The van der Waals surface area contributed by atoms with Crippen LogP contribution in [-0.4, -0.2) is 24.1 Å². The van der Waals surface area contributed by atoms with Gasteiger partial charge < -0.3 is 15.4 Å². The molecule has 144 valence electrons. The number of nitrogens with zero attached hydrogens (tertiary/aromatic N) is 1. The maximum atomic E-state index is 11.8. The Balaban J connectivity index is 1.50. The summed E-state index contributed by atoms with van der Waals surface area (Å²) in [6, 6.07) is 12.6. The number of nitro benzene ring substituents is 1. The van der Waals surface area contributed by atoms with Crippen molar-refractivity contribution < 1.29 is 14.5 Å². The average molecular weight is 392 g/mol. The Hall–Kier alpha value is -2.80. The zero-order chi connectivity index (χ0) is 19.5. The normalized spacial score (nSPS) is 10.3. The second-order valence-electron chi connectivity index (χ2n) is 5.90. The van der Waals surface area contributed by atoms with Gasteiger partial charge in [0.25, 0.3) is 5.69 Å². The van der Waals surface area contributed by atoms with Crippen molar-refractivity contribution in [3.05, 3.63) is 63.7 Å². The first kappa shape index (κ1) is 20.5. The molecule has 0 saturated heterocycles. The van der Waals surface area contributed by atoms with Crippen molar-refractivity contribution in [1.82, 2.24) is 5.32 Å². The van der Waals surface area contributed by atoms with Gasteiger partial charge in [0.2, 0.25) is 0 Å². The van der Waals surface area contributed by atoms with E-state index in [0.717, 1.165) is 31.4 Å². The van der Waals surface area contributed by atoms with Gasteiger partial charge in [-0.25, -0.2) is 4.79 Å². The van der Waals surface area contributed by atoms with Crippen LogP contribution >= 0.6 is 11.6 Å². The molecule has 8 heteroatoms. The molecule has 0 atom stereocenters. The smallest absolute Gasteiger partial charge is 0.319 e. The summed E-state index contributed by atoms with van der Waals surface area (Å²) >= 11 is 5.81. The zero-order valence-electron chi connectivity index (χ0n) is 14.8. The lowest BCUT2D eigenvalue weighted by atomic mass is 10.2. The van der Waals surface area contributed by atoms with Gasteiger partial charge in [-0.1, -0.05) is 24.4 Å². The molecular weight excluding hydrogens is 370 g/mol. The van der Waals surface area contributed by atoms with Gasteiger partial charge in [-0.2, -0.15) is 0 Å². The molecule has 2 amide bonds. The van der Waals surface area contributed by atoms with Crippen molar-refractivity contribution >= 4 is 29.0 Å². The number of halogens is 1. The molecule has 2 N–H and O–H groups in total. The van der Waals surface area contributed by atoms with Gasteiger partial charge in [-0.15, -0.1) is 0 Å². The molecule has 0 radical (unpaired) electrons. The third kappa shape index (κ3) is 7.96. The van der Waals surface area contributed by atoms with E-state index in [-0.39, 0.29) is 11.7 Å². The summed E-state index contributed by atoms with van der Waals surface area (Å²) in [5, 5.41) is 16.7. The van der Waals surface area contributed by atoms with Crippen LogP contribution in [0.5, 0.6) is 5.75 Å². The Bertz CT molecular complexity index is 736. The largest absolute Gasteiger partial charge is 0.494 e. The van der Waals surface area contributed by atoms with E-state index in [2.05, 4.69) is 10.6 Å². The molecule has 0 aliphatic rings. The molecule has 27 heavy (non-hydrogen) atoms. The molecule has 0 aliphatic carbocycles. The number of benzene rings is 2. The Kier molecular flexibility index (Phi) is 8.38. The highest BCUT2D eigenvalue weighted by Gasteiger charge is 2.05. The van der Waals surface area contributed by atoms with E-state index in [1.807, 2.05) is 12.1 Å². The Morgan fingerprint density at radius 1 is 1.00 bits per heavy atom. The molecule has 0 spiro atoms. The molecule has 2 rings (SSSR count). The number of unbranched alkanes of at least 4 members (excludes halogenated alkanes) is 3. The molecule has 0 bridgehead atoms. The lowest BCUT2D eigenvalue weighted by Gasteiger charge is -2.08. The first-order valence-corrected chi connectivity index (χ1v) is 9.10. The second-order valence-corrected chi connectivity index (χ2v) is 6.34. The van der Waals surface area contributed by atoms with Gasteiger partial charge in [-0.05, 0) is 49.2 Å². The van der Waals surface area contributed by atoms with E-state index in [0.29, 0.717) is 23.9 Å². The molecule has 0 saturated carbocycles. The van der Waals surface area contributed by atoms with Crippen LogP contribution in [0.25, 0.3) is 0 Å². The number of carbonyl (C=O) groups excluding carboxylic acids is 1. The predicted octanol–water partition coefficient (Wildman–Crippen LogP) is 5.01. The minimum Gasteiger partial charge on any atom is -0.494 e. The van der Waals surface area contributed by atoms with Gasteiger partial charge in [0.1, 0.15) is 5.75 Å². The van der Waals surface area contributed by atoms with Gasteiger partial charge in [0, 0.05) is 29.4 Å². The number of amides is 2. The minimum atomic E-state index is -0.482. The number of anilines is 1. The lowest BCUT2D eigenvalue weighted by Crippen LogP contribution is -2.29. The van der Waals surface area contributed by atoms with Crippen molar-refractivity contribution in [1.29, 1.82) is 0 Å². The van der Waals surface area contributed by atoms with Crippen LogP contribution in [0.2, 0.25) is 5.02 Å². The fourth-order valence-corrected chi connectivity index (χ4v) is 2.47. The van der Waals surface area contributed by atoms with Crippen molar-refractivity contribution in [3.8, 4) is 5.75 Å². The van der Waals surface area contributed by atoms with E-state index in [9.17, 15) is 14.9 Å². The van der Waals surface area contributed by atoms with Crippen molar-refractivity contribution in [2.45, 2.75) is 25.7 Å². The SMILES string of the molecule is O=C(NCCCCCCOc1ccc(Cl)cc1)Nc1ccc([N+](=O)[O-])cc1. The van der Waals surface area contributed by atoms with E-state index in [1.54, 1.807) is 12.1 Å². The number of hydrogen-bond acceptors (Lipinski definition) is 4. The van der Waals surface area contributed by atoms with Crippen LogP contribution in [0.3, 0.4) is 0 Å². The molecule has 0 aromatic heterocycles. The van der Waals surface area contributed by atoms with Gasteiger partial charge in [-0.3, -0.25) is 10.1 Å². The molecule has 0 aliphatic heterocycles. The highest BCUT2D eigenvalue weighted by Crippen LogP contribution is 2.16. The Morgan fingerprint density at radius 2 is 1.67 bits per heavy atom. The third-order valence-corrected chi connectivity index (χ3v) is 4.03. The van der Waals surface area contributed by atoms with Crippen molar-refractivity contribution in [2.24, 2.45) is 0 Å². The van der Waals surface area contributed by atoms with Gasteiger partial charge in [0.05, 0.1) is 11.5 Å². The van der Waals surface area contributed by atoms with Gasteiger partial charge in [0.15, 0.2) is 0 Å². The Labute approximate surface area is 162 Å². The minimum absolute atomic E-state index is 0.0130. The van der Waals surface area contributed by atoms with Crippen LogP contribution in [0.1, 0.15) is 25.7 Å². The van der Waals surface area contributed by atoms with Gasteiger partial charge >= 0.3 is 6.03 Å². The zero-order valence-corrected chi connectivity index (χ0v) is 15.6. The first-order chi connectivity index (χ1) is 13.0. The monoisotopic (exact) mass is 391 g/mol. The van der Waals surface area contributed by atoms with Crippen LogP contribution in [-0.2, 0) is 0 Å². The summed E-state index contributed by atoms with van der Waals surface area (Å²) in [4.78, 5) is 21.9. The molecule has 0 heterocycles. The number of non-ortho nitro benzene ring substituents is 1. The molecule has 2 aromatic rings. The molecule has 7 nitrogen and oxygen atoms in total. The quantitative estimate of drug-likeness (QED) is 0.338. The van der Waals surface area contributed by atoms with Crippen molar-refractivity contribution in [2.75, 3.05) is 18.5 Å². The molecular formula is C19H22ClN3O4. The maximum Gasteiger partial charge on any atom is 0.319 e.